The van der Waals surface area contributed by atoms with E-state index in [9.17, 15) is 9.18 Å². The highest BCUT2D eigenvalue weighted by Gasteiger charge is 2.24. The maximum Gasteiger partial charge on any atom is 0.231 e. The molecule has 0 unspecified atom stereocenters. The fraction of sp³-hybridized carbons (Fsp3) is 0.296. The number of rotatable bonds is 8. The van der Waals surface area contributed by atoms with Gasteiger partial charge in [-0.2, -0.15) is 5.10 Å². The summed E-state index contributed by atoms with van der Waals surface area (Å²) >= 11 is 0. The first-order valence-corrected chi connectivity index (χ1v) is 11.6. The van der Waals surface area contributed by atoms with Crippen LogP contribution in [-0.2, 0) is 24.1 Å². The number of aromatic nitrogens is 3. The molecule has 4 aromatic rings. The lowest BCUT2D eigenvalue weighted by Crippen LogP contribution is -2.32. The van der Waals surface area contributed by atoms with E-state index in [4.69, 9.17) is 14.8 Å². The molecule has 0 bridgehead atoms. The summed E-state index contributed by atoms with van der Waals surface area (Å²) in [6.07, 6.45) is 1.61. The van der Waals surface area contributed by atoms with E-state index >= 15 is 0 Å². The van der Waals surface area contributed by atoms with Crippen LogP contribution < -0.4 is 9.64 Å². The van der Waals surface area contributed by atoms with Gasteiger partial charge in [-0.15, -0.1) is 0 Å². The first kappa shape index (κ1) is 23.4. The standard InChI is InChI=1S/C27H29FN4O2/c1-5-19-16-20(6-2)32-27(29-19)22(17-25(33)31(7-3)21-11-9-8-10-12-21)26(30-32)18-13-14-24(34-4)23(28)15-18/h8-16H,5-7,17H2,1-4H3. The van der Waals surface area contributed by atoms with Crippen molar-refractivity contribution >= 4 is 17.2 Å². The monoisotopic (exact) mass is 460 g/mol. The molecule has 0 saturated carbocycles. The number of carbonyl (C=O) groups excluding carboxylic acids is 1. The minimum atomic E-state index is -0.480. The van der Waals surface area contributed by atoms with Gasteiger partial charge in [-0.25, -0.2) is 13.9 Å². The Kier molecular flexibility index (Phi) is 6.91. The molecule has 34 heavy (non-hydrogen) atoms. The molecular weight excluding hydrogens is 431 g/mol. The molecule has 0 N–H and O–H groups in total. The predicted molar refractivity (Wildman–Crippen MR) is 132 cm³/mol. The van der Waals surface area contributed by atoms with E-state index in [1.807, 2.05) is 50.2 Å². The molecule has 0 aliphatic heterocycles. The van der Waals surface area contributed by atoms with Crippen molar-refractivity contribution in [3.63, 3.8) is 0 Å². The number of aryl methyl sites for hydroxylation is 2. The molecule has 0 atom stereocenters. The lowest BCUT2D eigenvalue weighted by molar-refractivity contribution is -0.117. The number of methoxy groups -OCH3 is 1. The number of amides is 1. The van der Waals surface area contributed by atoms with Crippen LogP contribution in [0.25, 0.3) is 16.9 Å². The number of hydrogen-bond acceptors (Lipinski definition) is 4. The number of likely N-dealkylation sites (N-methyl/N-ethyl adjacent to an activating group) is 1. The summed E-state index contributed by atoms with van der Waals surface area (Å²) < 4.78 is 21.5. The number of ether oxygens (including phenoxy) is 1. The Balaban J connectivity index is 1.88. The van der Waals surface area contributed by atoms with E-state index in [0.29, 0.717) is 29.0 Å². The second kappa shape index (κ2) is 10.0. The number of anilines is 1. The van der Waals surface area contributed by atoms with Crippen molar-refractivity contribution in [1.82, 2.24) is 14.6 Å². The molecule has 7 heteroatoms. The lowest BCUT2D eigenvalue weighted by Gasteiger charge is -2.21. The summed E-state index contributed by atoms with van der Waals surface area (Å²) in [5.74, 6) is -0.390. The summed E-state index contributed by atoms with van der Waals surface area (Å²) in [5.41, 5.74) is 5.21. The second-order valence-corrected chi connectivity index (χ2v) is 8.01. The molecule has 0 saturated heterocycles. The first-order chi connectivity index (χ1) is 16.5. The molecule has 0 fully saturated rings. The van der Waals surface area contributed by atoms with Gasteiger partial charge >= 0.3 is 0 Å². The molecule has 0 aliphatic carbocycles. The van der Waals surface area contributed by atoms with Crippen LogP contribution in [0.5, 0.6) is 5.75 Å². The van der Waals surface area contributed by atoms with Crippen molar-refractivity contribution in [2.75, 3.05) is 18.6 Å². The van der Waals surface area contributed by atoms with Crippen LogP contribution in [0.4, 0.5) is 10.1 Å². The Morgan fingerprint density at radius 3 is 2.44 bits per heavy atom. The van der Waals surface area contributed by atoms with Crippen LogP contribution in [-0.4, -0.2) is 34.2 Å². The molecule has 0 aliphatic rings. The summed E-state index contributed by atoms with van der Waals surface area (Å²) in [6, 6.07) is 16.4. The zero-order chi connectivity index (χ0) is 24.2. The van der Waals surface area contributed by atoms with Gasteiger partial charge in [0.15, 0.2) is 17.2 Å². The van der Waals surface area contributed by atoms with Crippen LogP contribution >= 0.6 is 0 Å². The number of hydrogen-bond donors (Lipinski definition) is 0. The first-order valence-electron chi connectivity index (χ1n) is 11.6. The average Bonchev–Trinajstić information content (AvgIpc) is 3.22. The number of halogens is 1. The largest absolute Gasteiger partial charge is 0.494 e. The SMILES string of the molecule is CCc1cc(CC)n2nc(-c3ccc(OC)c(F)c3)c(CC(=O)N(CC)c3ccccc3)c2n1. The van der Waals surface area contributed by atoms with E-state index in [1.54, 1.807) is 21.5 Å². The number of fused-ring (bicyclic) bond motifs is 1. The molecule has 2 aromatic carbocycles. The van der Waals surface area contributed by atoms with E-state index in [0.717, 1.165) is 29.9 Å². The van der Waals surface area contributed by atoms with Gasteiger partial charge in [0, 0.05) is 34.7 Å². The van der Waals surface area contributed by atoms with Gasteiger partial charge in [-0.1, -0.05) is 32.0 Å². The van der Waals surface area contributed by atoms with Crippen molar-refractivity contribution in [2.45, 2.75) is 40.0 Å². The van der Waals surface area contributed by atoms with Crippen molar-refractivity contribution in [3.05, 3.63) is 77.4 Å². The minimum Gasteiger partial charge on any atom is -0.494 e. The van der Waals surface area contributed by atoms with E-state index in [2.05, 4.69) is 6.92 Å². The normalized spacial score (nSPS) is 11.1. The number of nitrogens with zero attached hydrogens (tertiary/aromatic N) is 4. The Labute approximate surface area is 199 Å². The molecule has 4 rings (SSSR count). The van der Waals surface area contributed by atoms with Gasteiger partial charge in [-0.3, -0.25) is 4.79 Å². The fourth-order valence-corrected chi connectivity index (χ4v) is 4.18. The topological polar surface area (TPSA) is 59.7 Å². The molecule has 176 valence electrons. The van der Waals surface area contributed by atoms with Gasteiger partial charge in [0.1, 0.15) is 0 Å². The second-order valence-electron chi connectivity index (χ2n) is 8.01. The Bertz CT molecular complexity index is 1320. The van der Waals surface area contributed by atoms with Crippen molar-refractivity contribution < 1.29 is 13.9 Å². The third-order valence-corrected chi connectivity index (χ3v) is 5.97. The van der Waals surface area contributed by atoms with Gasteiger partial charge < -0.3 is 9.64 Å². The van der Waals surface area contributed by atoms with Gasteiger partial charge in [0.25, 0.3) is 0 Å². The Morgan fingerprint density at radius 2 is 1.82 bits per heavy atom. The summed E-state index contributed by atoms with van der Waals surface area (Å²) in [5, 5.41) is 4.81. The summed E-state index contributed by atoms with van der Waals surface area (Å²) in [7, 11) is 1.43. The van der Waals surface area contributed by atoms with Gasteiger partial charge in [0.2, 0.25) is 5.91 Å². The zero-order valence-electron chi connectivity index (χ0n) is 20.0. The van der Waals surface area contributed by atoms with E-state index in [1.165, 1.54) is 13.2 Å². The molecule has 2 aromatic heterocycles. The Morgan fingerprint density at radius 1 is 1.06 bits per heavy atom. The maximum atomic E-state index is 14.6. The minimum absolute atomic E-state index is 0.0689. The Hall–Kier alpha value is -3.74. The highest BCUT2D eigenvalue weighted by molar-refractivity contribution is 5.96. The highest BCUT2D eigenvalue weighted by atomic mass is 19.1. The van der Waals surface area contributed by atoms with Crippen LogP contribution in [0.1, 0.15) is 37.7 Å². The number of benzene rings is 2. The van der Waals surface area contributed by atoms with Gasteiger partial charge in [-0.05, 0) is 56.2 Å². The van der Waals surface area contributed by atoms with Gasteiger partial charge in [0.05, 0.1) is 19.2 Å². The van der Waals surface area contributed by atoms with E-state index in [-0.39, 0.29) is 18.1 Å². The fourth-order valence-electron chi connectivity index (χ4n) is 4.18. The van der Waals surface area contributed by atoms with Crippen LogP contribution in [0.3, 0.4) is 0 Å². The predicted octanol–water partition coefficient (Wildman–Crippen LogP) is 5.26. The van der Waals surface area contributed by atoms with Crippen LogP contribution in [0.15, 0.2) is 54.6 Å². The van der Waals surface area contributed by atoms with Crippen LogP contribution in [0.2, 0.25) is 0 Å². The molecule has 0 spiro atoms. The molecule has 0 radical (unpaired) electrons. The third kappa shape index (κ3) is 4.38. The zero-order valence-corrected chi connectivity index (χ0v) is 20.0. The smallest absolute Gasteiger partial charge is 0.231 e. The van der Waals surface area contributed by atoms with Crippen molar-refractivity contribution in [2.24, 2.45) is 0 Å². The highest BCUT2D eigenvalue weighted by Crippen LogP contribution is 2.31. The molecule has 1 amide bonds. The molecule has 2 heterocycles. The van der Waals surface area contributed by atoms with E-state index < -0.39 is 5.82 Å². The molecular formula is C27H29FN4O2. The summed E-state index contributed by atoms with van der Waals surface area (Å²) in [6.45, 7) is 6.58. The maximum absolute atomic E-state index is 14.6. The number of carbonyl (C=O) groups is 1. The average molecular weight is 461 g/mol. The third-order valence-electron chi connectivity index (χ3n) is 5.97. The molecule has 6 nitrogen and oxygen atoms in total. The van der Waals surface area contributed by atoms with Crippen molar-refractivity contribution in [1.29, 1.82) is 0 Å². The lowest BCUT2D eigenvalue weighted by atomic mass is 10.0. The van der Waals surface area contributed by atoms with Crippen LogP contribution in [0, 0.1) is 5.82 Å². The quantitative estimate of drug-likeness (QED) is 0.360. The summed E-state index contributed by atoms with van der Waals surface area (Å²) in [4.78, 5) is 20.1. The van der Waals surface area contributed by atoms with Crippen molar-refractivity contribution in [3.8, 4) is 17.0 Å². The number of para-hydroxylation sites is 1.